The van der Waals surface area contributed by atoms with E-state index in [0.29, 0.717) is 24.1 Å². The number of carboxylic acids is 1. The number of benzene rings is 1. The molecule has 0 aliphatic rings. The number of rotatable bonds is 6. The van der Waals surface area contributed by atoms with Crippen molar-refractivity contribution in [2.75, 3.05) is 0 Å². The molecule has 0 saturated carbocycles. The van der Waals surface area contributed by atoms with Gasteiger partial charge in [-0.25, -0.2) is 9.78 Å². The Morgan fingerprint density at radius 2 is 2.19 bits per heavy atom. The number of nitrogens with zero attached hydrogens (tertiary/aromatic N) is 4. The van der Waals surface area contributed by atoms with Crippen LogP contribution in [0.25, 0.3) is 11.6 Å². The summed E-state index contributed by atoms with van der Waals surface area (Å²) >= 11 is 0. The minimum Gasteiger partial charge on any atom is -0.478 e. The Bertz CT molecular complexity index is 882. The molecule has 0 bridgehead atoms. The minimum atomic E-state index is -0.951. The fourth-order valence-corrected chi connectivity index (χ4v) is 2.56. The highest BCUT2D eigenvalue weighted by Crippen LogP contribution is 2.32. The topological polar surface area (TPSA) is 130 Å². The summed E-state index contributed by atoms with van der Waals surface area (Å²) in [6.07, 6.45) is 1.38. The van der Waals surface area contributed by atoms with Crippen LogP contribution in [-0.4, -0.2) is 36.4 Å². The lowest BCUT2D eigenvalue weighted by Crippen LogP contribution is -2.32. The zero-order valence-electron chi connectivity index (χ0n) is 14.7. The van der Waals surface area contributed by atoms with E-state index < -0.39 is 5.97 Å². The zero-order chi connectivity index (χ0) is 18.7. The van der Waals surface area contributed by atoms with Crippen LogP contribution >= 0.6 is 0 Å². The van der Waals surface area contributed by atoms with Crippen LogP contribution in [0.4, 0.5) is 0 Å². The SMILES string of the molecule is CC(C)(C)C(NCc1cccc(C(=O)O)c1)c1nc(-c2ncn[nH]2)no1. The van der Waals surface area contributed by atoms with Crippen molar-refractivity contribution in [1.29, 1.82) is 0 Å². The van der Waals surface area contributed by atoms with Gasteiger partial charge < -0.3 is 14.9 Å². The van der Waals surface area contributed by atoms with Crippen LogP contribution in [0.1, 0.15) is 48.6 Å². The lowest BCUT2D eigenvalue weighted by atomic mass is 9.86. The number of aromatic nitrogens is 5. The van der Waals surface area contributed by atoms with Gasteiger partial charge >= 0.3 is 5.97 Å². The van der Waals surface area contributed by atoms with Crippen LogP contribution < -0.4 is 5.32 Å². The summed E-state index contributed by atoms with van der Waals surface area (Å²) in [5.41, 5.74) is 0.895. The third-order valence-electron chi connectivity index (χ3n) is 3.87. The summed E-state index contributed by atoms with van der Waals surface area (Å²) < 4.78 is 5.42. The third kappa shape index (κ3) is 3.94. The number of nitrogens with one attached hydrogen (secondary N) is 2. The quantitative estimate of drug-likeness (QED) is 0.614. The van der Waals surface area contributed by atoms with Crippen LogP contribution in [-0.2, 0) is 6.54 Å². The minimum absolute atomic E-state index is 0.213. The van der Waals surface area contributed by atoms with Crippen molar-refractivity contribution < 1.29 is 14.4 Å². The third-order valence-corrected chi connectivity index (χ3v) is 3.87. The van der Waals surface area contributed by atoms with E-state index in [-0.39, 0.29) is 17.0 Å². The van der Waals surface area contributed by atoms with Gasteiger partial charge in [-0.2, -0.15) is 10.1 Å². The molecule has 2 heterocycles. The lowest BCUT2D eigenvalue weighted by molar-refractivity contribution is 0.0696. The summed E-state index contributed by atoms with van der Waals surface area (Å²) in [5.74, 6) is 0.245. The maximum Gasteiger partial charge on any atom is 0.335 e. The Morgan fingerprint density at radius 1 is 1.38 bits per heavy atom. The average molecular weight is 356 g/mol. The molecule has 3 aromatic rings. The van der Waals surface area contributed by atoms with Gasteiger partial charge in [-0.05, 0) is 23.1 Å². The molecule has 26 heavy (non-hydrogen) atoms. The maximum absolute atomic E-state index is 11.1. The second-order valence-corrected chi connectivity index (χ2v) is 6.98. The van der Waals surface area contributed by atoms with Gasteiger partial charge in [-0.3, -0.25) is 5.10 Å². The first-order valence-electron chi connectivity index (χ1n) is 8.09. The van der Waals surface area contributed by atoms with Gasteiger partial charge in [-0.1, -0.05) is 38.1 Å². The van der Waals surface area contributed by atoms with Gasteiger partial charge in [0, 0.05) is 6.54 Å². The number of carbonyl (C=O) groups is 1. The van der Waals surface area contributed by atoms with Gasteiger partial charge in [0.25, 0.3) is 0 Å². The van der Waals surface area contributed by atoms with Crippen molar-refractivity contribution in [1.82, 2.24) is 30.6 Å². The van der Waals surface area contributed by atoms with Crippen molar-refractivity contribution in [2.24, 2.45) is 5.41 Å². The fraction of sp³-hybridized carbons (Fsp3) is 0.353. The average Bonchev–Trinajstić information content (AvgIpc) is 3.25. The molecule has 0 fully saturated rings. The first kappa shape index (κ1) is 17.7. The molecule has 1 atom stereocenters. The lowest BCUT2D eigenvalue weighted by Gasteiger charge is -2.28. The van der Waals surface area contributed by atoms with E-state index in [2.05, 4.69) is 51.4 Å². The Kier molecular flexibility index (Phi) is 4.81. The number of aromatic amines is 1. The second kappa shape index (κ2) is 7.04. The highest BCUT2D eigenvalue weighted by atomic mass is 16.5. The fourth-order valence-electron chi connectivity index (χ4n) is 2.56. The normalized spacial score (nSPS) is 12.9. The van der Waals surface area contributed by atoms with Crippen LogP contribution in [0.3, 0.4) is 0 Å². The highest BCUT2D eigenvalue weighted by Gasteiger charge is 2.31. The Labute approximate surface area is 149 Å². The number of aromatic carboxylic acids is 1. The Hall–Kier alpha value is -3.07. The van der Waals surface area contributed by atoms with E-state index in [9.17, 15) is 4.79 Å². The smallest absolute Gasteiger partial charge is 0.335 e. The molecular weight excluding hydrogens is 336 g/mol. The van der Waals surface area contributed by atoms with Crippen molar-refractivity contribution >= 4 is 5.97 Å². The molecule has 9 heteroatoms. The molecule has 3 rings (SSSR count). The number of hydrogen-bond acceptors (Lipinski definition) is 7. The first-order valence-corrected chi connectivity index (χ1v) is 8.09. The van der Waals surface area contributed by atoms with Crippen molar-refractivity contribution in [2.45, 2.75) is 33.4 Å². The predicted molar refractivity (Wildman–Crippen MR) is 92.1 cm³/mol. The van der Waals surface area contributed by atoms with Crippen LogP contribution in [0.2, 0.25) is 0 Å². The van der Waals surface area contributed by atoms with Gasteiger partial charge in [0.1, 0.15) is 6.33 Å². The molecule has 0 saturated heterocycles. The number of carboxylic acid groups (broad SMARTS) is 1. The molecule has 0 radical (unpaired) electrons. The summed E-state index contributed by atoms with van der Waals surface area (Å²) in [4.78, 5) is 19.5. The van der Waals surface area contributed by atoms with Crippen LogP contribution in [0.5, 0.6) is 0 Å². The molecule has 3 N–H and O–H groups in total. The standard InChI is InChI=1S/C17H20N6O3/c1-17(2,3)12(15-21-14(23-26-15)13-19-9-20-22-13)18-8-10-5-4-6-11(7-10)16(24)25/h4-7,9,12,18H,8H2,1-3H3,(H,24,25)(H,19,20,22). The Balaban J connectivity index is 1.79. The summed E-state index contributed by atoms with van der Waals surface area (Å²) in [6, 6.07) is 6.56. The summed E-state index contributed by atoms with van der Waals surface area (Å²) in [6.45, 7) is 6.62. The molecule has 0 aliphatic carbocycles. The molecule has 0 spiro atoms. The first-order chi connectivity index (χ1) is 12.3. The van der Waals surface area contributed by atoms with Crippen LogP contribution in [0.15, 0.2) is 35.1 Å². The van der Waals surface area contributed by atoms with E-state index in [1.54, 1.807) is 18.2 Å². The zero-order valence-corrected chi connectivity index (χ0v) is 14.7. The van der Waals surface area contributed by atoms with E-state index in [4.69, 9.17) is 9.63 Å². The highest BCUT2D eigenvalue weighted by molar-refractivity contribution is 5.87. The van der Waals surface area contributed by atoms with Gasteiger partial charge in [0.2, 0.25) is 11.7 Å². The van der Waals surface area contributed by atoms with Gasteiger partial charge in [0.15, 0.2) is 5.82 Å². The van der Waals surface area contributed by atoms with Gasteiger partial charge in [-0.15, -0.1) is 0 Å². The number of hydrogen-bond donors (Lipinski definition) is 3. The molecule has 0 amide bonds. The van der Waals surface area contributed by atoms with Gasteiger partial charge in [0.05, 0.1) is 11.6 Å². The Morgan fingerprint density at radius 3 is 2.85 bits per heavy atom. The van der Waals surface area contributed by atoms with E-state index in [0.717, 1.165) is 5.56 Å². The molecule has 136 valence electrons. The number of H-pyrrole nitrogens is 1. The van der Waals surface area contributed by atoms with E-state index in [1.807, 2.05) is 6.07 Å². The van der Waals surface area contributed by atoms with Crippen molar-refractivity contribution in [3.05, 3.63) is 47.6 Å². The monoisotopic (exact) mass is 356 g/mol. The predicted octanol–water partition coefficient (Wildman–Crippen LogP) is 2.43. The largest absolute Gasteiger partial charge is 0.478 e. The second-order valence-electron chi connectivity index (χ2n) is 6.98. The molecule has 1 aromatic carbocycles. The molecular formula is C17H20N6O3. The molecule has 1 unspecified atom stereocenters. The van der Waals surface area contributed by atoms with Crippen LogP contribution in [0, 0.1) is 5.41 Å². The van der Waals surface area contributed by atoms with Crippen molar-refractivity contribution in [3.63, 3.8) is 0 Å². The maximum atomic E-state index is 11.1. The molecule has 9 nitrogen and oxygen atoms in total. The van der Waals surface area contributed by atoms with E-state index >= 15 is 0 Å². The molecule has 2 aromatic heterocycles. The van der Waals surface area contributed by atoms with Crippen molar-refractivity contribution in [3.8, 4) is 11.6 Å². The summed E-state index contributed by atoms with van der Waals surface area (Å²) in [7, 11) is 0. The summed E-state index contributed by atoms with van der Waals surface area (Å²) in [5, 5.41) is 22.9. The molecule has 0 aliphatic heterocycles. The van der Waals surface area contributed by atoms with E-state index in [1.165, 1.54) is 6.33 Å².